The monoisotopic (exact) mass is 285 g/mol. The maximum absolute atomic E-state index is 13.4. The van der Waals surface area contributed by atoms with Crippen molar-refractivity contribution >= 4 is 28.0 Å². The zero-order chi connectivity index (χ0) is 13.2. The van der Waals surface area contributed by atoms with E-state index in [2.05, 4.69) is 5.32 Å². The predicted octanol–water partition coefficient (Wildman–Crippen LogP) is 2.50. The number of hydrogen-bond donors (Lipinski definition) is 1. The van der Waals surface area contributed by atoms with Crippen LogP contribution >= 0.6 is 12.2 Å². The minimum absolute atomic E-state index is 0.312. The molecular formula is C13H16FNOS2. The molecule has 0 bridgehead atoms. The fraction of sp³-hybridized carbons (Fsp3) is 0.462. The smallest absolute Gasteiger partial charge is 0.123 e. The van der Waals surface area contributed by atoms with Crippen molar-refractivity contribution in [2.24, 2.45) is 0 Å². The lowest BCUT2D eigenvalue weighted by atomic mass is 9.91. The van der Waals surface area contributed by atoms with Gasteiger partial charge in [0, 0.05) is 23.6 Å². The normalized spacial score (nSPS) is 27.8. The molecule has 1 N–H and O–H groups in total. The molecule has 5 heteroatoms. The molecule has 2 nitrogen and oxygen atoms in total. The van der Waals surface area contributed by atoms with Gasteiger partial charge >= 0.3 is 0 Å². The molecule has 2 rings (SSSR count). The summed E-state index contributed by atoms with van der Waals surface area (Å²) >= 11 is 5.36. The van der Waals surface area contributed by atoms with E-state index in [1.54, 1.807) is 13.1 Å². The molecule has 2 atom stereocenters. The van der Waals surface area contributed by atoms with Crippen molar-refractivity contribution in [1.82, 2.24) is 5.32 Å². The molecule has 1 saturated heterocycles. The zero-order valence-corrected chi connectivity index (χ0v) is 11.9. The molecule has 1 aromatic rings. The Morgan fingerprint density at radius 3 is 2.89 bits per heavy atom. The van der Waals surface area contributed by atoms with E-state index >= 15 is 0 Å². The summed E-state index contributed by atoms with van der Waals surface area (Å²) in [5.74, 6) is 0.312. The molecule has 0 spiro atoms. The van der Waals surface area contributed by atoms with E-state index < -0.39 is 15.5 Å². The molecule has 0 amide bonds. The van der Waals surface area contributed by atoms with Gasteiger partial charge in [0.15, 0.2) is 0 Å². The Hall–Kier alpha value is -0.810. The van der Waals surface area contributed by atoms with Gasteiger partial charge in [-0.25, -0.2) is 4.39 Å². The molecule has 18 heavy (non-hydrogen) atoms. The van der Waals surface area contributed by atoms with E-state index in [4.69, 9.17) is 12.2 Å². The molecule has 0 radical (unpaired) electrons. The number of rotatable bonds is 2. The Morgan fingerprint density at radius 1 is 1.50 bits per heavy atom. The first-order valence-electron chi connectivity index (χ1n) is 5.98. The molecule has 0 saturated carbocycles. The minimum Gasteiger partial charge on any atom is -0.381 e. The maximum atomic E-state index is 13.4. The number of nitrogens with one attached hydrogen (secondary N) is 1. The Kier molecular flexibility index (Phi) is 4.12. The number of halogens is 1. The van der Waals surface area contributed by atoms with Crippen molar-refractivity contribution in [1.29, 1.82) is 0 Å². The van der Waals surface area contributed by atoms with E-state index in [0.29, 0.717) is 17.2 Å². The van der Waals surface area contributed by atoms with Crippen LogP contribution in [0.3, 0.4) is 0 Å². The quantitative estimate of drug-likeness (QED) is 0.847. The van der Waals surface area contributed by atoms with E-state index in [0.717, 1.165) is 18.4 Å². The van der Waals surface area contributed by atoms with Crippen molar-refractivity contribution in [3.63, 3.8) is 0 Å². The summed E-state index contributed by atoms with van der Waals surface area (Å²) in [5, 5.41) is 2.94. The van der Waals surface area contributed by atoms with Crippen molar-refractivity contribution < 1.29 is 8.60 Å². The highest BCUT2D eigenvalue weighted by Crippen LogP contribution is 2.39. The van der Waals surface area contributed by atoms with Gasteiger partial charge in [0.1, 0.15) is 10.6 Å². The SMILES string of the molecule is CNC(=S)[C@]1(c2cccc(F)c2)CCCCS1=O. The molecule has 0 aromatic heterocycles. The third kappa shape index (κ3) is 2.21. The molecule has 1 aromatic carbocycles. The first-order valence-corrected chi connectivity index (χ1v) is 7.70. The van der Waals surface area contributed by atoms with E-state index in [1.165, 1.54) is 12.1 Å². The number of thiocarbonyl (C=S) groups is 1. The highest BCUT2D eigenvalue weighted by atomic mass is 32.2. The lowest BCUT2D eigenvalue weighted by Gasteiger charge is -2.37. The Morgan fingerprint density at radius 2 is 2.28 bits per heavy atom. The van der Waals surface area contributed by atoms with Crippen molar-refractivity contribution in [2.45, 2.75) is 24.0 Å². The van der Waals surface area contributed by atoms with Crippen LogP contribution in [0, 0.1) is 5.82 Å². The topological polar surface area (TPSA) is 29.1 Å². The van der Waals surface area contributed by atoms with Crippen LogP contribution in [0.2, 0.25) is 0 Å². The highest BCUT2D eigenvalue weighted by Gasteiger charge is 2.44. The van der Waals surface area contributed by atoms with Gasteiger partial charge < -0.3 is 5.32 Å². The molecule has 0 aliphatic carbocycles. The summed E-state index contributed by atoms with van der Waals surface area (Å²) in [6.45, 7) is 0. The fourth-order valence-electron chi connectivity index (χ4n) is 2.46. The third-order valence-electron chi connectivity index (χ3n) is 3.38. The molecule has 1 aliphatic heterocycles. The first kappa shape index (κ1) is 13.6. The van der Waals surface area contributed by atoms with Crippen LogP contribution in [0.5, 0.6) is 0 Å². The van der Waals surface area contributed by atoms with Gasteiger partial charge in [0.25, 0.3) is 0 Å². The zero-order valence-electron chi connectivity index (χ0n) is 10.2. The number of likely N-dealkylation sites (N-methyl/N-ethyl adjacent to an activating group) is 1. The van der Waals surface area contributed by atoms with Crippen LogP contribution < -0.4 is 5.32 Å². The molecule has 1 aliphatic rings. The van der Waals surface area contributed by atoms with E-state index in [9.17, 15) is 8.60 Å². The van der Waals surface area contributed by atoms with E-state index in [1.807, 2.05) is 6.07 Å². The summed E-state index contributed by atoms with van der Waals surface area (Å²) in [5.41, 5.74) is 0.722. The Bertz CT molecular complexity index is 482. The second-order valence-electron chi connectivity index (χ2n) is 4.42. The number of benzene rings is 1. The Labute approximate surface area is 114 Å². The maximum Gasteiger partial charge on any atom is 0.123 e. The second kappa shape index (κ2) is 5.45. The highest BCUT2D eigenvalue weighted by molar-refractivity contribution is 7.90. The van der Waals surface area contributed by atoms with Crippen LogP contribution in [0.15, 0.2) is 24.3 Å². The van der Waals surface area contributed by atoms with Gasteiger partial charge in [-0.05, 0) is 30.5 Å². The largest absolute Gasteiger partial charge is 0.381 e. The second-order valence-corrected chi connectivity index (χ2v) is 6.63. The average Bonchev–Trinajstić information content (AvgIpc) is 2.38. The summed E-state index contributed by atoms with van der Waals surface area (Å²) in [7, 11) is 0.635. The summed E-state index contributed by atoms with van der Waals surface area (Å²) in [6.07, 6.45) is 2.61. The van der Waals surface area contributed by atoms with Crippen molar-refractivity contribution in [2.75, 3.05) is 12.8 Å². The van der Waals surface area contributed by atoms with Crippen molar-refractivity contribution in [3.8, 4) is 0 Å². The van der Waals surface area contributed by atoms with Crippen molar-refractivity contribution in [3.05, 3.63) is 35.6 Å². The molecular weight excluding hydrogens is 269 g/mol. The number of hydrogen-bond acceptors (Lipinski definition) is 2. The fourth-order valence-corrected chi connectivity index (χ4v) is 4.84. The van der Waals surface area contributed by atoms with Crippen LogP contribution in [0.1, 0.15) is 24.8 Å². The van der Waals surface area contributed by atoms with Gasteiger partial charge in [0.05, 0.1) is 4.99 Å². The lowest BCUT2D eigenvalue weighted by molar-refractivity contribution is 0.568. The van der Waals surface area contributed by atoms with Gasteiger partial charge in [0.2, 0.25) is 0 Å². The lowest BCUT2D eigenvalue weighted by Crippen LogP contribution is -2.48. The van der Waals surface area contributed by atoms with Gasteiger partial charge in [-0.3, -0.25) is 4.21 Å². The van der Waals surface area contributed by atoms with Gasteiger partial charge in [-0.2, -0.15) is 0 Å². The summed E-state index contributed by atoms with van der Waals surface area (Å²) < 4.78 is 25.2. The summed E-state index contributed by atoms with van der Waals surface area (Å²) in [6, 6.07) is 6.31. The van der Waals surface area contributed by atoms with Gasteiger partial charge in [-0.1, -0.05) is 30.8 Å². The molecule has 98 valence electrons. The molecule has 1 unspecified atom stereocenters. The predicted molar refractivity (Wildman–Crippen MR) is 76.6 cm³/mol. The first-order chi connectivity index (χ1) is 8.61. The van der Waals surface area contributed by atoms with Gasteiger partial charge in [-0.15, -0.1) is 0 Å². The average molecular weight is 285 g/mol. The van der Waals surface area contributed by atoms with Crippen LogP contribution in [0.4, 0.5) is 4.39 Å². The summed E-state index contributed by atoms with van der Waals surface area (Å²) in [4.78, 5) is 0.547. The molecule has 1 heterocycles. The standard InChI is InChI=1S/C13H16FNOS2/c1-15-12(17)13(7-2-3-8-18(13)16)10-5-4-6-11(14)9-10/h4-6,9H,2-3,7-8H2,1H3,(H,15,17)/t13-,18?/m1/s1. The van der Waals surface area contributed by atoms with Crippen LogP contribution in [-0.2, 0) is 15.5 Å². The minimum atomic E-state index is -1.10. The van der Waals surface area contributed by atoms with Crippen LogP contribution in [-0.4, -0.2) is 22.0 Å². The third-order valence-corrected chi connectivity index (χ3v) is 6.14. The molecule has 1 fully saturated rings. The Balaban J connectivity index is 2.54. The van der Waals surface area contributed by atoms with Crippen LogP contribution in [0.25, 0.3) is 0 Å². The van der Waals surface area contributed by atoms with E-state index in [-0.39, 0.29) is 5.82 Å².